The van der Waals surface area contributed by atoms with E-state index < -0.39 is 0 Å². The minimum absolute atomic E-state index is 0.00294. The molecule has 0 atom stereocenters. The maximum Gasteiger partial charge on any atom is 0.264 e. The average Bonchev–Trinajstić information content (AvgIpc) is 2.23. The van der Waals surface area contributed by atoms with E-state index >= 15 is 0 Å². The number of aromatic nitrogens is 2. The normalized spacial score (nSPS) is 10.2. The molecule has 1 radical (unpaired) electrons. The number of nitrogens with zero attached hydrogens (tertiary/aromatic N) is 1. The molecule has 75 valence electrons. The van der Waals surface area contributed by atoms with Gasteiger partial charge in [-0.2, -0.15) is 5.10 Å². The fourth-order valence-electron chi connectivity index (χ4n) is 1.31. The van der Waals surface area contributed by atoms with E-state index in [9.17, 15) is 9.90 Å². The third kappa shape index (κ3) is 1.88. The van der Waals surface area contributed by atoms with Crippen molar-refractivity contribution in [3.63, 3.8) is 0 Å². The average molecular weight is 201 g/mol. The summed E-state index contributed by atoms with van der Waals surface area (Å²) in [7, 11) is 0. The van der Waals surface area contributed by atoms with E-state index in [0.29, 0.717) is 11.3 Å². The Morgan fingerprint density at radius 3 is 2.60 bits per heavy atom. The predicted molar refractivity (Wildman–Crippen MR) is 55.2 cm³/mol. The molecule has 1 aromatic heterocycles. The first kappa shape index (κ1) is 9.45. The van der Waals surface area contributed by atoms with E-state index in [2.05, 4.69) is 10.2 Å². The molecule has 0 fully saturated rings. The van der Waals surface area contributed by atoms with Crippen molar-refractivity contribution >= 4 is 0 Å². The Morgan fingerprint density at radius 2 is 2.00 bits per heavy atom. The fourth-order valence-corrected chi connectivity index (χ4v) is 1.31. The predicted octanol–water partition coefficient (Wildman–Crippen LogP) is 1.89. The van der Waals surface area contributed by atoms with Crippen LogP contribution in [0.2, 0.25) is 0 Å². The standard InChI is InChI=1S/C11H9N2O2/c1-7-6-8(2-4-10(7)14)9-3-5-11(15)13-12-9/h2-6H,1H3,(H,13,15). The molecule has 4 heteroatoms. The minimum Gasteiger partial charge on any atom is -0.290 e. The monoisotopic (exact) mass is 201 g/mol. The fraction of sp³-hybridized carbons (Fsp3) is 0.0909. The summed E-state index contributed by atoms with van der Waals surface area (Å²) < 4.78 is 0. The lowest BCUT2D eigenvalue weighted by Crippen LogP contribution is -2.05. The van der Waals surface area contributed by atoms with Crippen LogP contribution >= 0.6 is 0 Å². The van der Waals surface area contributed by atoms with Crippen LogP contribution in [0.15, 0.2) is 35.1 Å². The van der Waals surface area contributed by atoms with Gasteiger partial charge in [0.15, 0.2) is 5.75 Å². The molecule has 0 bridgehead atoms. The highest BCUT2D eigenvalue weighted by Gasteiger charge is 2.03. The summed E-state index contributed by atoms with van der Waals surface area (Å²) in [5, 5.41) is 17.4. The van der Waals surface area contributed by atoms with Gasteiger partial charge in [-0.15, -0.1) is 0 Å². The van der Waals surface area contributed by atoms with Gasteiger partial charge in [0.05, 0.1) is 5.69 Å². The van der Waals surface area contributed by atoms with E-state index in [4.69, 9.17) is 0 Å². The van der Waals surface area contributed by atoms with Crippen molar-refractivity contribution in [3.05, 3.63) is 46.2 Å². The van der Waals surface area contributed by atoms with E-state index in [1.165, 1.54) is 12.1 Å². The Bertz CT molecular complexity index is 526. The lowest BCUT2D eigenvalue weighted by molar-refractivity contribution is 0.352. The molecule has 0 aliphatic rings. The van der Waals surface area contributed by atoms with E-state index in [-0.39, 0.29) is 11.3 Å². The summed E-state index contributed by atoms with van der Waals surface area (Å²) in [6.07, 6.45) is 0. The van der Waals surface area contributed by atoms with Crippen LogP contribution < -0.4 is 5.56 Å². The van der Waals surface area contributed by atoms with Gasteiger partial charge in [-0.05, 0) is 36.8 Å². The highest BCUT2D eigenvalue weighted by Crippen LogP contribution is 2.23. The number of hydrogen-bond donors (Lipinski definition) is 1. The first-order chi connectivity index (χ1) is 7.16. The Hall–Kier alpha value is -2.10. The van der Waals surface area contributed by atoms with Gasteiger partial charge in [0.1, 0.15) is 0 Å². The van der Waals surface area contributed by atoms with Gasteiger partial charge in [-0.25, -0.2) is 5.10 Å². The molecule has 0 aliphatic heterocycles. The van der Waals surface area contributed by atoms with Crippen LogP contribution in [0.4, 0.5) is 0 Å². The number of rotatable bonds is 1. The molecule has 1 N–H and O–H groups in total. The molecule has 1 aromatic carbocycles. The van der Waals surface area contributed by atoms with E-state index in [1.54, 1.807) is 25.1 Å². The van der Waals surface area contributed by atoms with Gasteiger partial charge in [0.25, 0.3) is 5.56 Å². The summed E-state index contributed by atoms with van der Waals surface area (Å²) in [5.74, 6) is 0.00294. The molecule has 0 spiro atoms. The second-order valence-electron chi connectivity index (χ2n) is 3.29. The quantitative estimate of drug-likeness (QED) is 0.765. The number of benzene rings is 1. The van der Waals surface area contributed by atoms with Crippen LogP contribution in [0.1, 0.15) is 5.56 Å². The van der Waals surface area contributed by atoms with Crippen molar-refractivity contribution in [1.29, 1.82) is 0 Å². The van der Waals surface area contributed by atoms with Gasteiger partial charge in [0.2, 0.25) is 0 Å². The summed E-state index contributed by atoms with van der Waals surface area (Å²) in [5.41, 5.74) is 1.90. The molecule has 0 amide bonds. The van der Waals surface area contributed by atoms with E-state index in [0.717, 1.165) is 5.56 Å². The zero-order valence-corrected chi connectivity index (χ0v) is 8.15. The van der Waals surface area contributed by atoms with Crippen molar-refractivity contribution in [2.24, 2.45) is 0 Å². The zero-order valence-electron chi connectivity index (χ0n) is 8.15. The van der Waals surface area contributed by atoms with Gasteiger partial charge in [0, 0.05) is 11.6 Å². The number of aromatic amines is 1. The summed E-state index contributed by atoms with van der Waals surface area (Å²) in [6, 6.07) is 7.97. The smallest absolute Gasteiger partial charge is 0.264 e. The molecule has 4 nitrogen and oxygen atoms in total. The van der Waals surface area contributed by atoms with Gasteiger partial charge >= 0.3 is 0 Å². The van der Waals surface area contributed by atoms with Crippen molar-refractivity contribution < 1.29 is 5.11 Å². The molecular formula is C11H9N2O2. The van der Waals surface area contributed by atoms with Crippen LogP contribution in [0.3, 0.4) is 0 Å². The van der Waals surface area contributed by atoms with Crippen LogP contribution in [0.5, 0.6) is 5.75 Å². The van der Waals surface area contributed by atoms with Crippen LogP contribution in [-0.4, -0.2) is 10.2 Å². The molecule has 0 unspecified atom stereocenters. The third-order valence-electron chi connectivity index (χ3n) is 2.15. The second kappa shape index (κ2) is 3.57. The molecule has 2 aromatic rings. The second-order valence-corrected chi connectivity index (χ2v) is 3.29. The molecule has 0 saturated carbocycles. The number of nitrogens with one attached hydrogen (secondary N) is 1. The highest BCUT2D eigenvalue weighted by molar-refractivity contribution is 5.60. The first-order valence-corrected chi connectivity index (χ1v) is 4.50. The van der Waals surface area contributed by atoms with Crippen molar-refractivity contribution in [1.82, 2.24) is 10.2 Å². The molecule has 1 heterocycles. The zero-order chi connectivity index (χ0) is 10.8. The van der Waals surface area contributed by atoms with Gasteiger partial charge in [-0.1, -0.05) is 0 Å². The van der Waals surface area contributed by atoms with E-state index in [1.807, 2.05) is 0 Å². The molecule has 0 aliphatic carbocycles. The van der Waals surface area contributed by atoms with Crippen LogP contribution in [-0.2, 0) is 5.11 Å². The summed E-state index contributed by atoms with van der Waals surface area (Å²) in [4.78, 5) is 10.8. The van der Waals surface area contributed by atoms with Crippen molar-refractivity contribution in [2.45, 2.75) is 6.92 Å². The largest absolute Gasteiger partial charge is 0.290 e. The lowest BCUT2D eigenvalue weighted by atomic mass is 10.1. The number of H-pyrrole nitrogens is 1. The minimum atomic E-state index is -0.240. The van der Waals surface area contributed by atoms with Crippen LogP contribution in [0, 0.1) is 6.92 Å². The highest BCUT2D eigenvalue weighted by atomic mass is 16.3. The SMILES string of the molecule is Cc1cc(-c2ccc(=O)[nH]n2)ccc1[O]. The Labute approximate surface area is 86.2 Å². The summed E-state index contributed by atoms with van der Waals surface area (Å²) in [6.45, 7) is 1.75. The first-order valence-electron chi connectivity index (χ1n) is 4.50. The number of aryl methyl sites for hydroxylation is 1. The summed E-state index contributed by atoms with van der Waals surface area (Å²) >= 11 is 0. The number of hydrogen-bond acceptors (Lipinski definition) is 2. The lowest BCUT2D eigenvalue weighted by Gasteiger charge is -2.01. The molecule has 0 saturated heterocycles. The molecular weight excluding hydrogens is 192 g/mol. The van der Waals surface area contributed by atoms with Crippen LogP contribution in [0.25, 0.3) is 11.3 Å². The van der Waals surface area contributed by atoms with Gasteiger partial charge < -0.3 is 0 Å². The van der Waals surface area contributed by atoms with Crippen molar-refractivity contribution in [2.75, 3.05) is 0 Å². The Balaban J connectivity index is 2.50. The molecule has 2 rings (SSSR count). The van der Waals surface area contributed by atoms with Gasteiger partial charge in [-0.3, -0.25) is 9.90 Å². The third-order valence-corrected chi connectivity index (χ3v) is 2.15. The topological polar surface area (TPSA) is 65.7 Å². The maximum atomic E-state index is 11.2. The maximum absolute atomic E-state index is 11.2. The Kier molecular flexibility index (Phi) is 2.25. The molecule has 15 heavy (non-hydrogen) atoms. The van der Waals surface area contributed by atoms with Crippen molar-refractivity contribution in [3.8, 4) is 17.0 Å². The Morgan fingerprint density at radius 1 is 1.20 bits per heavy atom.